The minimum absolute atomic E-state index is 0.0285. The molecular weight excluding hydrogens is 321 g/mol. The summed E-state index contributed by atoms with van der Waals surface area (Å²) in [5, 5.41) is 4.16. The summed E-state index contributed by atoms with van der Waals surface area (Å²) in [7, 11) is 0. The highest BCUT2D eigenvalue weighted by molar-refractivity contribution is 5.90. The van der Waals surface area contributed by atoms with Gasteiger partial charge in [-0.15, -0.1) is 5.10 Å². The second-order valence-corrected chi connectivity index (χ2v) is 6.30. The third-order valence-corrected chi connectivity index (χ3v) is 4.81. The van der Waals surface area contributed by atoms with E-state index in [4.69, 9.17) is 0 Å². The van der Waals surface area contributed by atoms with E-state index in [1.165, 1.54) is 33.8 Å². The van der Waals surface area contributed by atoms with Crippen LogP contribution < -0.4 is 0 Å². The van der Waals surface area contributed by atoms with Crippen molar-refractivity contribution in [1.29, 1.82) is 0 Å². The first kappa shape index (κ1) is 15.2. The molecule has 2 fully saturated rings. The molecule has 126 valence electrons. The highest BCUT2D eigenvalue weighted by Gasteiger charge is 2.69. The molecule has 24 heavy (non-hydrogen) atoms. The van der Waals surface area contributed by atoms with Crippen molar-refractivity contribution < 1.29 is 18.0 Å². The first-order valence-electron chi connectivity index (χ1n) is 7.74. The lowest BCUT2D eigenvalue weighted by atomic mass is 10.1. The van der Waals surface area contributed by atoms with Crippen LogP contribution in [0, 0.1) is 24.6 Å². The lowest BCUT2D eigenvalue weighted by Crippen LogP contribution is -2.37. The predicted molar refractivity (Wildman–Crippen MR) is 78.5 cm³/mol. The first-order chi connectivity index (χ1) is 11.4. The lowest BCUT2D eigenvalue weighted by molar-refractivity contribution is 0.0679. The Kier molecular flexibility index (Phi) is 3.20. The standard InChI is InChI=1S/C16H15F3N4O/c1-9-20-14(21-23(9)11-4-2-10(17)3-5-11)15(24)22-7-6-12-13(8-22)16(12,18)19/h2-5,12-13H,6-8H2,1H3. The van der Waals surface area contributed by atoms with E-state index >= 15 is 0 Å². The van der Waals surface area contributed by atoms with Gasteiger partial charge in [0.05, 0.1) is 5.69 Å². The maximum atomic E-state index is 13.5. The molecule has 1 aromatic heterocycles. The van der Waals surface area contributed by atoms with Crippen molar-refractivity contribution in [1.82, 2.24) is 19.7 Å². The molecule has 1 aliphatic heterocycles. The molecule has 4 rings (SSSR count). The Morgan fingerprint density at radius 2 is 1.96 bits per heavy atom. The minimum Gasteiger partial charge on any atom is -0.335 e. The van der Waals surface area contributed by atoms with Gasteiger partial charge in [-0.25, -0.2) is 22.8 Å². The maximum absolute atomic E-state index is 13.5. The number of aryl methyl sites for hydroxylation is 1. The maximum Gasteiger partial charge on any atom is 0.293 e. The van der Waals surface area contributed by atoms with Gasteiger partial charge < -0.3 is 4.90 Å². The Morgan fingerprint density at radius 3 is 2.62 bits per heavy atom. The highest BCUT2D eigenvalue weighted by Crippen LogP contribution is 2.59. The van der Waals surface area contributed by atoms with E-state index in [1.54, 1.807) is 6.92 Å². The molecule has 1 saturated heterocycles. The zero-order valence-electron chi connectivity index (χ0n) is 12.9. The van der Waals surface area contributed by atoms with Crippen molar-refractivity contribution in [3.8, 4) is 5.69 Å². The van der Waals surface area contributed by atoms with Crippen molar-refractivity contribution in [3.63, 3.8) is 0 Å². The molecule has 0 radical (unpaired) electrons. The number of rotatable bonds is 2. The number of fused-ring (bicyclic) bond motifs is 1. The van der Waals surface area contributed by atoms with Crippen LogP contribution in [0.5, 0.6) is 0 Å². The summed E-state index contributed by atoms with van der Waals surface area (Å²) in [4.78, 5) is 18.0. The number of hydrogen-bond acceptors (Lipinski definition) is 3. The second-order valence-electron chi connectivity index (χ2n) is 6.30. The summed E-state index contributed by atoms with van der Waals surface area (Å²) in [6.07, 6.45) is 0.307. The summed E-state index contributed by atoms with van der Waals surface area (Å²) in [6.45, 7) is 2.01. The van der Waals surface area contributed by atoms with Crippen molar-refractivity contribution in [2.24, 2.45) is 11.8 Å². The Bertz CT molecular complexity index is 802. The van der Waals surface area contributed by atoms with Crippen LogP contribution >= 0.6 is 0 Å². The van der Waals surface area contributed by atoms with E-state index < -0.39 is 23.7 Å². The predicted octanol–water partition coefficient (Wildman–Crippen LogP) is 2.44. The topological polar surface area (TPSA) is 51.0 Å². The number of benzene rings is 1. The summed E-state index contributed by atoms with van der Waals surface area (Å²) in [6, 6.07) is 5.64. The number of hydrogen-bond donors (Lipinski definition) is 0. The molecule has 1 aliphatic carbocycles. The SMILES string of the molecule is Cc1nc(C(=O)N2CCC3C(C2)C3(F)F)nn1-c1ccc(F)cc1. The van der Waals surface area contributed by atoms with Crippen molar-refractivity contribution in [3.05, 3.63) is 41.7 Å². The molecule has 0 spiro atoms. The number of nitrogens with zero attached hydrogens (tertiary/aromatic N) is 4. The summed E-state index contributed by atoms with van der Waals surface area (Å²) < 4.78 is 41.4. The van der Waals surface area contributed by atoms with Gasteiger partial charge in [0.15, 0.2) is 0 Å². The van der Waals surface area contributed by atoms with Crippen LogP contribution in [0.4, 0.5) is 13.2 Å². The number of carbonyl (C=O) groups excluding carboxylic acids is 1. The normalized spacial score (nSPS) is 24.6. The third-order valence-electron chi connectivity index (χ3n) is 4.81. The van der Waals surface area contributed by atoms with Gasteiger partial charge in [-0.2, -0.15) is 0 Å². The fourth-order valence-corrected chi connectivity index (χ4v) is 3.36. The number of aromatic nitrogens is 3. The Balaban J connectivity index is 1.56. The summed E-state index contributed by atoms with van der Waals surface area (Å²) >= 11 is 0. The Labute approximate surface area is 136 Å². The fraction of sp³-hybridized carbons (Fsp3) is 0.438. The molecule has 5 nitrogen and oxygen atoms in total. The molecule has 2 unspecified atom stereocenters. The van der Waals surface area contributed by atoms with Crippen LogP contribution in [-0.4, -0.2) is 44.6 Å². The molecule has 1 saturated carbocycles. The molecule has 2 aromatic rings. The van der Waals surface area contributed by atoms with Gasteiger partial charge in [0.1, 0.15) is 11.6 Å². The minimum atomic E-state index is -2.65. The second kappa shape index (κ2) is 5.06. The van der Waals surface area contributed by atoms with Crippen LogP contribution in [0.15, 0.2) is 24.3 Å². The number of alkyl halides is 2. The number of piperidine rings is 1. The van der Waals surface area contributed by atoms with E-state index in [0.29, 0.717) is 24.5 Å². The van der Waals surface area contributed by atoms with E-state index in [2.05, 4.69) is 10.1 Å². The molecule has 0 N–H and O–H groups in total. The molecule has 2 aliphatic rings. The average molecular weight is 336 g/mol. The monoisotopic (exact) mass is 336 g/mol. The molecule has 1 amide bonds. The van der Waals surface area contributed by atoms with Crippen LogP contribution in [0.3, 0.4) is 0 Å². The molecule has 0 bridgehead atoms. The first-order valence-corrected chi connectivity index (χ1v) is 7.74. The van der Waals surface area contributed by atoms with Crippen molar-refractivity contribution in [2.45, 2.75) is 19.3 Å². The van der Waals surface area contributed by atoms with Gasteiger partial charge in [-0.05, 0) is 37.6 Å². The smallest absolute Gasteiger partial charge is 0.293 e. The molecule has 2 heterocycles. The summed E-state index contributed by atoms with van der Waals surface area (Å²) in [5.74, 6) is -4.35. The quantitative estimate of drug-likeness (QED) is 0.846. The highest BCUT2D eigenvalue weighted by atomic mass is 19.3. The van der Waals surface area contributed by atoms with Gasteiger partial charge in [-0.3, -0.25) is 4.79 Å². The number of amides is 1. The van der Waals surface area contributed by atoms with Gasteiger partial charge in [0, 0.05) is 24.9 Å². The zero-order chi connectivity index (χ0) is 17.1. The average Bonchev–Trinajstić information content (AvgIpc) is 2.90. The lowest BCUT2D eigenvalue weighted by Gasteiger charge is -2.23. The van der Waals surface area contributed by atoms with E-state index in [0.717, 1.165) is 0 Å². The zero-order valence-corrected chi connectivity index (χ0v) is 12.9. The number of halogens is 3. The van der Waals surface area contributed by atoms with Gasteiger partial charge in [-0.1, -0.05) is 0 Å². The number of likely N-dealkylation sites (tertiary alicyclic amines) is 1. The summed E-state index contributed by atoms with van der Waals surface area (Å²) in [5.41, 5.74) is 0.577. The van der Waals surface area contributed by atoms with Gasteiger partial charge in [0.2, 0.25) is 5.82 Å². The van der Waals surface area contributed by atoms with E-state index in [1.807, 2.05) is 0 Å². The molecule has 8 heteroatoms. The van der Waals surface area contributed by atoms with Gasteiger partial charge >= 0.3 is 0 Å². The van der Waals surface area contributed by atoms with Crippen molar-refractivity contribution >= 4 is 5.91 Å². The van der Waals surface area contributed by atoms with Crippen LogP contribution in [0.2, 0.25) is 0 Å². The van der Waals surface area contributed by atoms with Gasteiger partial charge in [0.25, 0.3) is 11.8 Å². The Hall–Kier alpha value is -2.38. The Morgan fingerprint density at radius 1 is 1.25 bits per heavy atom. The fourth-order valence-electron chi connectivity index (χ4n) is 3.36. The third kappa shape index (κ3) is 2.28. The molecule has 2 atom stereocenters. The number of carbonyl (C=O) groups is 1. The van der Waals surface area contributed by atoms with E-state index in [-0.39, 0.29) is 18.2 Å². The molecule has 1 aromatic carbocycles. The van der Waals surface area contributed by atoms with E-state index in [9.17, 15) is 18.0 Å². The van der Waals surface area contributed by atoms with Crippen LogP contribution in [0.1, 0.15) is 22.9 Å². The van der Waals surface area contributed by atoms with Crippen LogP contribution in [-0.2, 0) is 0 Å². The molecular formula is C16H15F3N4O. The van der Waals surface area contributed by atoms with Crippen molar-refractivity contribution in [2.75, 3.05) is 13.1 Å². The largest absolute Gasteiger partial charge is 0.335 e. The van der Waals surface area contributed by atoms with Crippen LogP contribution in [0.25, 0.3) is 5.69 Å².